The summed E-state index contributed by atoms with van der Waals surface area (Å²) in [6, 6.07) is 13.6. The summed E-state index contributed by atoms with van der Waals surface area (Å²) in [6.07, 6.45) is 3.64. The van der Waals surface area contributed by atoms with Crippen LogP contribution in [0.15, 0.2) is 47.4 Å². The number of likely N-dealkylation sites (tertiary alicyclic amines) is 1. The van der Waals surface area contributed by atoms with E-state index in [2.05, 4.69) is 35.3 Å². The minimum atomic E-state index is -3.53. The molecule has 0 bridgehead atoms. The molecule has 2 heterocycles. The summed E-state index contributed by atoms with van der Waals surface area (Å²) in [5.74, 6) is 0.603. The van der Waals surface area contributed by atoms with Crippen molar-refractivity contribution in [2.75, 3.05) is 26.2 Å². The lowest BCUT2D eigenvalue weighted by Gasteiger charge is -2.32. The first kappa shape index (κ1) is 25.9. The zero-order valence-corrected chi connectivity index (χ0v) is 22.1. The zero-order valence-electron chi connectivity index (χ0n) is 21.3. The maximum Gasteiger partial charge on any atom is 0.243 e. The monoisotopic (exact) mass is 497 g/mol. The molecule has 1 amide bonds. The van der Waals surface area contributed by atoms with Gasteiger partial charge in [-0.3, -0.25) is 9.69 Å². The van der Waals surface area contributed by atoms with Crippen molar-refractivity contribution in [1.82, 2.24) is 14.5 Å². The molecule has 190 valence electrons. The predicted octanol–water partition coefficient (Wildman–Crippen LogP) is 4.25. The first-order valence-corrected chi connectivity index (χ1v) is 14.3. The molecular formula is C28H39N3O3S. The van der Waals surface area contributed by atoms with E-state index in [4.69, 9.17) is 0 Å². The van der Waals surface area contributed by atoms with Crippen molar-refractivity contribution in [3.8, 4) is 0 Å². The summed E-state index contributed by atoms with van der Waals surface area (Å²) >= 11 is 0. The SMILES string of the molecule is Cc1ccc(S(=O)(=O)N2CCC(C(=O)NCc3ccccc3CN3CCCC(C)C3)CC2)cc1C. The molecule has 0 saturated carbocycles. The van der Waals surface area contributed by atoms with Gasteiger partial charge in [0.15, 0.2) is 0 Å². The first-order chi connectivity index (χ1) is 16.7. The van der Waals surface area contributed by atoms with Crippen molar-refractivity contribution in [2.24, 2.45) is 11.8 Å². The molecule has 1 unspecified atom stereocenters. The van der Waals surface area contributed by atoms with Crippen LogP contribution in [0.2, 0.25) is 0 Å². The fourth-order valence-electron chi connectivity index (χ4n) is 5.26. The molecule has 0 radical (unpaired) electrons. The molecule has 1 N–H and O–H groups in total. The Labute approximate surface area is 210 Å². The molecule has 2 aliphatic heterocycles. The molecule has 2 saturated heterocycles. The second-order valence-electron chi connectivity index (χ2n) is 10.4. The highest BCUT2D eigenvalue weighted by Crippen LogP contribution is 2.26. The molecule has 0 spiro atoms. The molecule has 2 fully saturated rings. The third kappa shape index (κ3) is 6.32. The van der Waals surface area contributed by atoms with Crippen LogP contribution in [0.3, 0.4) is 0 Å². The van der Waals surface area contributed by atoms with Crippen LogP contribution in [-0.2, 0) is 27.9 Å². The zero-order chi connectivity index (χ0) is 25.0. The van der Waals surface area contributed by atoms with Crippen molar-refractivity contribution >= 4 is 15.9 Å². The van der Waals surface area contributed by atoms with E-state index in [1.165, 1.54) is 22.7 Å². The van der Waals surface area contributed by atoms with Gasteiger partial charge in [-0.15, -0.1) is 0 Å². The number of amides is 1. The Hall–Kier alpha value is -2.22. The molecule has 2 aliphatic rings. The lowest BCUT2D eigenvalue weighted by Crippen LogP contribution is -2.43. The van der Waals surface area contributed by atoms with Gasteiger partial charge in [0.1, 0.15) is 0 Å². The molecule has 7 heteroatoms. The van der Waals surface area contributed by atoms with Crippen LogP contribution in [-0.4, -0.2) is 49.7 Å². The van der Waals surface area contributed by atoms with E-state index < -0.39 is 10.0 Å². The summed E-state index contributed by atoms with van der Waals surface area (Å²) in [5.41, 5.74) is 4.48. The third-order valence-corrected chi connectivity index (χ3v) is 9.54. The minimum Gasteiger partial charge on any atom is -0.352 e. The van der Waals surface area contributed by atoms with Crippen molar-refractivity contribution < 1.29 is 13.2 Å². The van der Waals surface area contributed by atoms with Gasteiger partial charge in [-0.1, -0.05) is 37.3 Å². The number of piperidine rings is 2. The number of hydrogen-bond acceptors (Lipinski definition) is 4. The number of sulfonamides is 1. The number of nitrogens with zero attached hydrogens (tertiary/aromatic N) is 2. The van der Waals surface area contributed by atoms with E-state index in [0.29, 0.717) is 37.4 Å². The number of aryl methyl sites for hydroxylation is 2. The summed E-state index contributed by atoms with van der Waals surface area (Å²) in [6.45, 7) is 10.7. The van der Waals surface area contributed by atoms with Gasteiger partial charge in [0.25, 0.3) is 0 Å². The lowest BCUT2D eigenvalue weighted by atomic mass is 9.96. The van der Waals surface area contributed by atoms with E-state index in [1.807, 2.05) is 26.0 Å². The molecule has 0 aromatic heterocycles. The normalized spacial score (nSPS) is 20.6. The Morgan fingerprint density at radius 3 is 2.37 bits per heavy atom. The third-order valence-electron chi connectivity index (χ3n) is 7.65. The quantitative estimate of drug-likeness (QED) is 0.621. The standard InChI is InChI=1S/C28H39N3O3S/c1-21-7-6-14-30(19-21)20-26-9-5-4-8-25(26)18-29-28(32)24-12-15-31(16-13-24)35(33,34)27-11-10-22(2)23(3)17-27/h4-5,8-11,17,21,24H,6-7,12-16,18-20H2,1-3H3,(H,29,32). The van der Waals surface area contributed by atoms with E-state index in [-0.39, 0.29) is 11.8 Å². The summed E-state index contributed by atoms with van der Waals surface area (Å²) < 4.78 is 27.7. The largest absolute Gasteiger partial charge is 0.352 e. The minimum absolute atomic E-state index is 0.0228. The van der Waals surface area contributed by atoms with Gasteiger partial charge in [-0.05, 0) is 86.4 Å². The second kappa shape index (κ2) is 11.2. The number of hydrogen-bond donors (Lipinski definition) is 1. The predicted molar refractivity (Wildman–Crippen MR) is 139 cm³/mol. The fraction of sp³-hybridized carbons (Fsp3) is 0.536. The fourth-order valence-corrected chi connectivity index (χ4v) is 6.82. The highest BCUT2D eigenvalue weighted by molar-refractivity contribution is 7.89. The molecule has 6 nitrogen and oxygen atoms in total. The molecule has 2 aromatic carbocycles. The maximum absolute atomic E-state index is 13.1. The Bertz CT molecular complexity index is 1140. The molecule has 1 atom stereocenters. The van der Waals surface area contributed by atoms with Crippen LogP contribution >= 0.6 is 0 Å². The maximum atomic E-state index is 13.1. The van der Waals surface area contributed by atoms with Gasteiger partial charge in [-0.2, -0.15) is 4.31 Å². The number of carbonyl (C=O) groups is 1. The number of rotatable bonds is 7. The van der Waals surface area contributed by atoms with Gasteiger partial charge in [0.05, 0.1) is 4.90 Å². The number of benzene rings is 2. The van der Waals surface area contributed by atoms with Crippen molar-refractivity contribution in [3.05, 3.63) is 64.7 Å². The van der Waals surface area contributed by atoms with Crippen LogP contribution in [0.5, 0.6) is 0 Å². The van der Waals surface area contributed by atoms with Gasteiger partial charge in [-0.25, -0.2) is 8.42 Å². The van der Waals surface area contributed by atoms with E-state index in [0.717, 1.165) is 42.2 Å². The molecule has 35 heavy (non-hydrogen) atoms. The topological polar surface area (TPSA) is 69.7 Å². The molecular weight excluding hydrogens is 458 g/mol. The Balaban J connectivity index is 1.31. The molecule has 4 rings (SSSR count). The van der Waals surface area contributed by atoms with Gasteiger partial charge < -0.3 is 5.32 Å². The number of nitrogens with one attached hydrogen (secondary N) is 1. The summed E-state index contributed by atoms with van der Waals surface area (Å²) in [5, 5.41) is 3.13. The van der Waals surface area contributed by atoms with Crippen LogP contribution in [0.4, 0.5) is 0 Å². The van der Waals surface area contributed by atoms with Gasteiger partial charge >= 0.3 is 0 Å². The Morgan fingerprint density at radius 2 is 1.69 bits per heavy atom. The van der Waals surface area contributed by atoms with Crippen LogP contribution in [0, 0.1) is 25.7 Å². The number of carbonyl (C=O) groups excluding carboxylic acids is 1. The van der Waals surface area contributed by atoms with Gasteiger partial charge in [0, 0.05) is 38.6 Å². The van der Waals surface area contributed by atoms with Crippen LogP contribution < -0.4 is 5.32 Å². The van der Waals surface area contributed by atoms with Crippen LogP contribution in [0.25, 0.3) is 0 Å². The molecule has 2 aromatic rings. The van der Waals surface area contributed by atoms with E-state index >= 15 is 0 Å². The Kier molecular flexibility index (Phi) is 8.30. The average molecular weight is 498 g/mol. The van der Waals surface area contributed by atoms with Crippen molar-refractivity contribution in [2.45, 2.75) is 64.4 Å². The smallest absolute Gasteiger partial charge is 0.243 e. The Morgan fingerprint density at radius 1 is 0.971 bits per heavy atom. The summed E-state index contributed by atoms with van der Waals surface area (Å²) in [4.78, 5) is 15.8. The first-order valence-electron chi connectivity index (χ1n) is 12.9. The molecule has 0 aliphatic carbocycles. The highest BCUT2D eigenvalue weighted by atomic mass is 32.2. The van der Waals surface area contributed by atoms with Crippen molar-refractivity contribution in [3.63, 3.8) is 0 Å². The average Bonchev–Trinajstić information content (AvgIpc) is 2.85. The van der Waals surface area contributed by atoms with Crippen LogP contribution in [0.1, 0.15) is 54.9 Å². The van der Waals surface area contributed by atoms with E-state index in [9.17, 15) is 13.2 Å². The van der Waals surface area contributed by atoms with Crippen molar-refractivity contribution in [1.29, 1.82) is 0 Å². The lowest BCUT2D eigenvalue weighted by molar-refractivity contribution is -0.126. The summed E-state index contributed by atoms with van der Waals surface area (Å²) in [7, 11) is -3.53. The highest BCUT2D eigenvalue weighted by Gasteiger charge is 2.32. The van der Waals surface area contributed by atoms with Gasteiger partial charge in [0.2, 0.25) is 15.9 Å². The van der Waals surface area contributed by atoms with E-state index in [1.54, 1.807) is 12.1 Å². The second-order valence-corrected chi connectivity index (χ2v) is 12.3.